The lowest BCUT2D eigenvalue weighted by molar-refractivity contribution is -0.160. The topological polar surface area (TPSA) is 29.5 Å². The lowest BCUT2D eigenvalue weighted by Gasteiger charge is -2.31. The van der Waals surface area contributed by atoms with Crippen LogP contribution in [0.5, 0.6) is 0 Å². The zero-order valence-electron chi connectivity index (χ0n) is 12.8. The van der Waals surface area contributed by atoms with Crippen LogP contribution in [0.4, 0.5) is 0 Å². The molecule has 0 amide bonds. The molecular weight excluding hydrogens is 238 g/mol. The molecule has 19 heavy (non-hydrogen) atoms. The minimum atomic E-state index is -0.365. The molecule has 1 atom stereocenters. The standard InChI is InChI=1S/C16H29NO2/c1-16(2,3)19-15(18)14-10-7-11-17(14)12-13-8-5-4-6-9-13/h13-14H,4-12H2,1-3H3. The molecule has 1 saturated heterocycles. The van der Waals surface area contributed by atoms with Crippen LogP contribution < -0.4 is 0 Å². The highest BCUT2D eigenvalue weighted by Crippen LogP contribution is 2.28. The summed E-state index contributed by atoms with van der Waals surface area (Å²) in [6, 6.07) is 0.0150. The Morgan fingerprint density at radius 2 is 1.79 bits per heavy atom. The van der Waals surface area contributed by atoms with Crippen molar-refractivity contribution in [1.29, 1.82) is 0 Å². The second kappa shape index (κ2) is 6.25. The second-order valence-electron chi connectivity index (χ2n) is 7.19. The molecule has 3 heteroatoms. The Balaban J connectivity index is 1.87. The van der Waals surface area contributed by atoms with E-state index in [0.717, 1.165) is 31.8 Å². The largest absolute Gasteiger partial charge is 0.459 e. The Labute approximate surface area is 117 Å². The normalized spacial score (nSPS) is 26.6. The Morgan fingerprint density at radius 1 is 1.11 bits per heavy atom. The van der Waals surface area contributed by atoms with Gasteiger partial charge in [-0.25, -0.2) is 0 Å². The van der Waals surface area contributed by atoms with Gasteiger partial charge in [-0.05, 0) is 58.9 Å². The number of esters is 1. The summed E-state index contributed by atoms with van der Waals surface area (Å²) in [6.07, 6.45) is 8.94. The molecule has 2 fully saturated rings. The van der Waals surface area contributed by atoms with Gasteiger partial charge in [-0.2, -0.15) is 0 Å². The molecule has 1 unspecified atom stereocenters. The molecule has 110 valence electrons. The minimum absolute atomic E-state index is 0.0131. The van der Waals surface area contributed by atoms with Crippen molar-refractivity contribution >= 4 is 5.97 Å². The van der Waals surface area contributed by atoms with Crippen LogP contribution in [-0.4, -0.2) is 35.6 Å². The highest BCUT2D eigenvalue weighted by Gasteiger charge is 2.35. The number of hydrogen-bond donors (Lipinski definition) is 0. The van der Waals surface area contributed by atoms with Crippen molar-refractivity contribution in [1.82, 2.24) is 4.90 Å². The molecule has 0 bridgehead atoms. The van der Waals surface area contributed by atoms with E-state index in [1.54, 1.807) is 0 Å². The predicted octanol–water partition coefficient (Wildman–Crippen LogP) is 3.37. The molecular formula is C16H29NO2. The Kier molecular flexibility index (Phi) is 4.88. The third-order valence-corrected chi connectivity index (χ3v) is 4.26. The molecule has 1 saturated carbocycles. The summed E-state index contributed by atoms with van der Waals surface area (Å²) in [7, 11) is 0. The molecule has 0 aromatic rings. The molecule has 0 aromatic carbocycles. The minimum Gasteiger partial charge on any atom is -0.459 e. The van der Waals surface area contributed by atoms with Gasteiger partial charge in [0, 0.05) is 6.54 Å². The maximum atomic E-state index is 12.2. The molecule has 3 nitrogen and oxygen atoms in total. The Morgan fingerprint density at radius 3 is 2.42 bits per heavy atom. The number of ether oxygens (including phenoxy) is 1. The van der Waals surface area contributed by atoms with Crippen LogP contribution in [0.3, 0.4) is 0 Å². The Hall–Kier alpha value is -0.570. The van der Waals surface area contributed by atoms with Crippen molar-refractivity contribution in [3.05, 3.63) is 0 Å². The van der Waals surface area contributed by atoms with E-state index in [4.69, 9.17) is 4.74 Å². The summed E-state index contributed by atoms with van der Waals surface area (Å²) in [5.41, 5.74) is -0.365. The summed E-state index contributed by atoms with van der Waals surface area (Å²) < 4.78 is 5.56. The van der Waals surface area contributed by atoms with Crippen LogP contribution in [0.15, 0.2) is 0 Å². The van der Waals surface area contributed by atoms with Crippen LogP contribution in [0.1, 0.15) is 65.7 Å². The van der Waals surface area contributed by atoms with Crippen molar-refractivity contribution in [2.75, 3.05) is 13.1 Å². The van der Waals surface area contributed by atoms with Crippen molar-refractivity contribution in [2.45, 2.75) is 77.4 Å². The maximum Gasteiger partial charge on any atom is 0.323 e. The molecule has 1 aliphatic carbocycles. The molecule has 2 rings (SSSR count). The average molecular weight is 267 g/mol. The van der Waals surface area contributed by atoms with Gasteiger partial charge in [0.05, 0.1) is 0 Å². The molecule has 1 aliphatic heterocycles. The maximum absolute atomic E-state index is 12.2. The number of rotatable bonds is 3. The third-order valence-electron chi connectivity index (χ3n) is 4.26. The highest BCUT2D eigenvalue weighted by atomic mass is 16.6. The lowest BCUT2D eigenvalue weighted by atomic mass is 9.89. The third kappa shape index (κ3) is 4.48. The highest BCUT2D eigenvalue weighted by molar-refractivity contribution is 5.76. The second-order valence-corrected chi connectivity index (χ2v) is 7.19. The van der Waals surface area contributed by atoms with E-state index in [1.165, 1.54) is 32.1 Å². The van der Waals surface area contributed by atoms with E-state index >= 15 is 0 Å². The quantitative estimate of drug-likeness (QED) is 0.734. The molecule has 1 heterocycles. The van der Waals surface area contributed by atoms with Gasteiger partial charge in [0.2, 0.25) is 0 Å². The van der Waals surface area contributed by atoms with Gasteiger partial charge in [-0.15, -0.1) is 0 Å². The fourth-order valence-corrected chi connectivity index (χ4v) is 3.38. The predicted molar refractivity (Wildman–Crippen MR) is 77.0 cm³/mol. The number of carbonyl (C=O) groups excluding carboxylic acids is 1. The zero-order valence-corrected chi connectivity index (χ0v) is 12.8. The van der Waals surface area contributed by atoms with Gasteiger partial charge >= 0.3 is 5.97 Å². The zero-order chi connectivity index (χ0) is 13.9. The fraction of sp³-hybridized carbons (Fsp3) is 0.938. The van der Waals surface area contributed by atoms with Gasteiger partial charge in [-0.1, -0.05) is 19.3 Å². The summed E-state index contributed by atoms with van der Waals surface area (Å²) in [6.45, 7) is 8.02. The first-order valence-corrected chi connectivity index (χ1v) is 7.92. The summed E-state index contributed by atoms with van der Waals surface area (Å²) in [4.78, 5) is 14.6. The molecule has 0 aromatic heterocycles. The number of likely N-dealkylation sites (tertiary alicyclic amines) is 1. The van der Waals surface area contributed by atoms with E-state index in [9.17, 15) is 4.79 Å². The van der Waals surface area contributed by atoms with Gasteiger partial charge in [0.15, 0.2) is 0 Å². The van der Waals surface area contributed by atoms with Crippen molar-refractivity contribution < 1.29 is 9.53 Å². The fourth-order valence-electron chi connectivity index (χ4n) is 3.38. The van der Waals surface area contributed by atoms with Gasteiger partial charge in [-0.3, -0.25) is 9.69 Å². The molecule has 0 radical (unpaired) electrons. The first kappa shape index (κ1) is 14.8. The van der Waals surface area contributed by atoms with Crippen LogP contribution >= 0.6 is 0 Å². The van der Waals surface area contributed by atoms with E-state index in [-0.39, 0.29) is 17.6 Å². The average Bonchev–Trinajstić information content (AvgIpc) is 2.76. The van der Waals surface area contributed by atoms with E-state index < -0.39 is 0 Å². The van der Waals surface area contributed by atoms with E-state index in [0.29, 0.717) is 0 Å². The van der Waals surface area contributed by atoms with Crippen LogP contribution in [-0.2, 0) is 9.53 Å². The van der Waals surface area contributed by atoms with Crippen molar-refractivity contribution in [2.24, 2.45) is 5.92 Å². The first-order valence-electron chi connectivity index (χ1n) is 7.92. The number of hydrogen-bond acceptors (Lipinski definition) is 3. The summed E-state index contributed by atoms with van der Waals surface area (Å²) in [5.74, 6) is 0.789. The van der Waals surface area contributed by atoms with Gasteiger partial charge in [0.1, 0.15) is 11.6 Å². The van der Waals surface area contributed by atoms with E-state index in [1.807, 2.05) is 20.8 Å². The molecule has 0 spiro atoms. The van der Waals surface area contributed by atoms with Gasteiger partial charge in [0.25, 0.3) is 0 Å². The van der Waals surface area contributed by atoms with Crippen molar-refractivity contribution in [3.63, 3.8) is 0 Å². The van der Waals surface area contributed by atoms with Crippen molar-refractivity contribution in [3.8, 4) is 0 Å². The van der Waals surface area contributed by atoms with E-state index in [2.05, 4.69) is 4.90 Å². The molecule has 0 N–H and O–H groups in total. The first-order chi connectivity index (χ1) is 8.96. The van der Waals surface area contributed by atoms with Gasteiger partial charge < -0.3 is 4.74 Å². The van der Waals surface area contributed by atoms with Crippen LogP contribution in [0.2, 0.25) is 0 Å². The van der Waals surface area contributed by atoms with Crippen LogP contribution in [0.25, 0.3) is 0 Å². The summed E-state index contributed by atoms with van der Waals surface area (Å²) in [5, 5.41) is 0. The number of nitrogens with zero attached hydrogens (tertiary/aromatic N) is 1. The van der Waals surface area contributed by atoms with Crippen LogP contribution in [0, 0.1) is 5.92 Å². The Bertz CT molecular complexity index is 302. The summed E-state index contributed by atoms with van der Waals surface area (Å²) >= 11 is 0. The smallest absolute Gasteiger partial charge is 0.323 e. The SMILES string of the molecule is CC(C)(C)OC(=O)C1CCCN1CC1CCCCC1. The number of carbonyl (C=O) groups is 1. The lowest BCUT2D eigenvalue weighted by Crippen LogP contribution is -2.42. The monoisotopic (exact) mass is 267 g/mol. The molecule has 2 aliphatic rings.